The van der Waals surface area contributed by atoms with Crippen molar-refractivity contribution in [1.82, 2.24) is 0 Å². The molecule has 1 heteroatoms. The highest BCUT2D eigenvalue weighted by molar-refractivity contribution is 4.93. The molecule has 1 nitrogen and oxygen atoms in total. The molecule has 0 saturated carbocycles. The molecule has 42 valence electrons. The largest absolute Gasteiger partial charge is 0.353 e. The lowest BCUT2D eigenvalue weighted by molar-refractivity contribution is 0.134. The summed E-state index contributed by atoms with van der Waals surface area (Å²) >= 11 is 0. The Morgan fingerprint density at radius 1 is 1.62 bits per heavy atom. The Balaban J connectivity index is 3.18. The van der Waals surface area contributed by atoms with Crippen LogP contribution >= 0.6 is 0 Å². The molecule has 0 heterocycles. The van der Waals surface area contributed by atoms with Crippen LogP contribution in [0.2, 0.25) is 0 Å². The zero-order valence-electron chi connectivity index (χ0n) is 4.85. The molecule has 0 fully saturated rings. The van der Waals surface area contributed by atoms with Gasteiger partial charge < -0.3 is 4.74 Å². The average Bonchev–Trinajstić information content (AvgIpc) is 1.83. The van der Waals surface area contributed by atoms with Gasteiger partial charge in [0.15, 0.2) is 0 Å². The van der Waals surface area contributed by atoms with Gasteiger partial charge in [-0.1, -0.05) is 11.8 Å². The summed E-state index contributed by atoms with van der Waals surface area (Å²) in [5.41, 5.74) is 0. The van der Waals surface area contributed by atoms with Crippen molar-refractivity contribution in [1.29, 1.82) is 0 Å². The minimum Gasteiger partial charge on any atom is -0.353 e. The fourth-order valence-corrected chi connectivity index (χ4v) is 0.221. The van der Waals surface area contributed by atoms with Crippen LogP contribution in [0.1, 0.15) is 6.92 Å². The van der Waals surface area contributed by atoms with Crippen molar-refractivity contribution >= 4 is 0 Å². The molecule has 8 heavy (non-hydrogen) atoms. The Bertz CT molecular complexity index is 124. The highest BCUT2D eigenvalue weighted by Gasteiger charge is 1.89. The van der Waals surface area contributed by atoms with Crippen molar-refractivity contribution in [3.8, 4) is 24.7 Å². The van der Waals surface area contributed by atoms with Gasteiger partial charge in [-0.3, -0.25) is 0 Å². The minimum atomic E-state index is -0.161. The highest BCUT2D eigenvalue weighted by Crippen LogP contribution is 1.83. The molecular weight excluding hydrogens is 100 g/mol. The van der Waals surface area contributed by atoms with Crippen molar-refractivity contribution in [3.05, 3.63) is 0 Å². The Morgan fingerprint density at radius 2 is 2.25 bits per heavy atom. The zero-order valence-corrected chi connectivity index (χ0v) is 4.85. The van der Waals surface area contributed by atoms with Crippen molar-refractivity contribution in [2.24, 2.45) is 0 Å². The summed E-state index contributed by atoms with van der Waals surface area (Å²) in [6.07, 6.45) is 9.70. The van der Waals surface area contributed by atoms with E-state index >= 15 is 0 Å². The van der Waals surface area contributed by atoms with Gasteiger partial charge in [-0.2, -0.15) is 0 Å². The Labute approximate surface area is 50.0 Å². The molecule has 1 atom stereocenters. The zero-order chi connectivity index (χ0) is 6.41. The molecule has 0 aromatic heterocycles. The third-order valence-corrected chi connectivity index (χ3v) is 0.651. The Hall–Kier alpha value is -0.920. The molecule has 0 spiro atoms. The quantitative estimate of drug-likeness (QED) is 0.472. The summed E-state index contributed by atoms with van der Waals surface area (Å²) in [6, 6.07) is 0. The molecule has 0 amide bonds. The van der Waals surface area contributed by atoms with Crippen LogP contribution in [0, 0.1) is 24.7 Å². The summed E-state index contributed by atoms with van der Waals surface area (Å²) in [5.74, 6) is 4.70. The van der Waals surface area contributed by atoms with Crippen LogP contribution in [-0.4, -0.2) is 12.7 Å². The molecule has 0 rings (SSSR count). The van der Waals surface area contributed by atoms with E-state index in [4.69, 9.17) is 17.6 Å². The van der Waals surface area contributed by atoms with Crippen molar-refractivity contribution in [3.63, 3.8) is 0 Å². The van der Waals surface area contributed by atoms with E-state index in [2.05, 4.69) is 11.8 Å². The van der Waals surface area contributed by atoms with Crippen molar-refractivity contribution in [2.75, 3.05) is 6.61 Å². The van der Waals surface area contributed by atoms with E-state index in [-0.39, 0.29) is 6.10 Å². The third-order valence-electron chi connectivity index (χ3n) is 0.651. The lowest BCUT2D eigenvalue weighted by Gasteiger charge is -1.99. The van der Waals surface area contributed by atoms with Crippen LogP contribution in [0.25, 0.3) is 0 Å². The third kappa shape index (κ3) is 3.28. The molecule has 0 bridgehead atoms. The summed E-state index contributed by atoms with van der Waals surface area (Å²) in [5, 5.41) is 0. The fraction of sp³-hybridized carbons (Fsp3) is 0.429. The second-order valence-corrected chi connectivity index (χ2v) is 1.32. The van der Waals surface area contributed by atoms with E-state index in [1.165, 1.54) is 0 Å². The molecule has 1 unspecified atom stereocenters. The second-order valence-electron chi connectivity index (χ2n) is 1.32. The second kappa shape index (κ2) is 4.24. The summed E-state index contributed by atoms with van der Waals surface area (Å²) < 4.78 is 4.87. The molecule has 0 aliphatic carbocycles. The SMILES string of the molecule is C#CCOC(C)C#C. The molecule has 0 saturated heterocycles. The standard InChI is InChI=1S/C7H8O/c1-4-6-8-7(3)5-2/h1-2,7H,6H2,3H3. The van der Waals surface area contributed by atoms with E-state index in [9.17, 15) is 0 Å². The van der Waals surface area contributed by atoms with Gasteiger partial charge in [-0.25, -0.2) is 0 Å². The van der Waals surface area contributed by atoms with Crippen molar-refractivity contribution in [2.45, 2.75) is 13.0 Å². The minimum absolute atomic E-state index is 0.161. The van der Waals surface area contributed by atoms with Crippen LogP contribution in [0.4, 0.5) is 0 Å². The first-order valence-corrected chi connectivity index (χ1v) is 2.32. The lowest BCUT2D eigenvalue weighted by Crippen LogP contribution is -2.03. The van der Waals surface area contributed by atoms with Gasteiger partial charge in [0.05, 0.1) is 0 Å². The van der Waals surface area contributed by atoms with E-state index < -0.39 is 0 Å². The van der Waals surface area contributed by atoms with Crippen LogP contribution in [0.15, 0.2) is 0 Å². The average molecular weight is 108 g/mol. The van der Waals surface area contributed by atoms with E-state index in [0.29, 0.717) is 6.61 Å². The maximum Gasteiger partial charge on any atom is 0.116 e. The number of rotatable bonds is 2. The highest BCUT2D eigenvalue weighted by atomic mass is 16.5. The van der Waals surface area contributed by atoms with Gasteiger partial charge in [-0.15, -0.1) is 12.8 Å². The first-order valence-electron chi connectivity index (χ1n) is 2.32. The molecule has 0 radical (unpaired) electrons. The van der Waals surface area contributed by atoms with Crippen LogP contribution in [-0.2, 0) is 4.74 Å². The molecule has 0 aliphatic heterocycles. The first-order chi connectivity index (χ1) is 3.81. The Kier molecular flexibility index (Phi) is 3.76. The summed E-state index contributed by atoms with van der Waals surface area (Å²) in [4.78, 5) is 0. The van der Waals surface area contributed by atoms with Crippen LogP contribution < -0.4 is 0 Å². The fourth-order valence-electron chi connectivity index (χ4n) is 0.221. The molecule has 0 aliphatic rings. The van der Waals surface area contributed by atoms with Gasteiger partial charge in [0.2, 0.25) is 0 Å². The molecular formula is C7H8O. The van der Waals surface area contributed by atoms with Crippen molar-refractivity contribution < 1.29 is 4.74 Å². The summed E-state index contributed by atoms with van der Waals surface area (Å²) in [6.45, 7) is 2.07. The Morgan fingerprint density at radius 3 is 2.62 bits per heavy atom. The smallest absolute Gasteiger partial charge is 0.116 e. The first kappa shape index (κ1) is 7.08. The lowest BCUT2D eigenvalue weighted by atomic mass is 10.4. The number of hydrogen-bond acceptors (Lipinski definition) is 1. The van der Waals surface area contributed by atoms with Crippen LogP contribution in [0.3, 0.4) is 0 Å². The molecule has 0 N–H and O–H groups in total. The summed E-state index contributed by atoms with van der Waals surface area (Å²) in [7, 11) is 0. The van der Waals surface area contributed by atoms with Gasteiger partial charge in [-0.05, 0) is 6.92 Å². The number of terminal acetylenes is 2. The normalized spacial score (nSPS) is 11.4. The van der Waals surface area contributed by atoms with Gasteiger partial charge in [0.1, 0.15) is 12.7 Å². The predicted molar refractivity (Wildman–Crippen MR) is 33.1 cm³/mol. The number of ether oxygens (including phenoxy) is 1. The van der Waals surface area contributed by atoms with Gasteiger partial charge in [0.25, 0.3) is 0 Å². The van der Waals surface area contributed by atoms with E-state index in [1.807, 2.05) is 0 Å². The maximum absolute atomic E-state index is 4.97. The topological polar surface area (TPSA) is 9.23 Å². The maximum atomic E-state index is 4.97. The van der Waals surface area contributed by atoms with Gasteiger partial charge in [0, 0.05) is 0 Å². The number of hydrogen-bond donors (Lipinski definition) is 0. The predicted octanol–water partition coefficient (Wildman–Crippen LogP) is 0.658. The monoisotopic (exact) mass is 108 g/mol. The van der Waals surface area contributed by atoms with E-state index in [1.54, 1.807) is 6.92 Å². The van der Waals surface area contributed by atoms with E-state index in [0.717, 1.165) is 0 Å². The van der Waals surface area contributed by atoms with Gasteiger partial charge >= 0.3 is 0 Å². The molecule has 0 aromatic carbocycles. The van der Waals surface area contributed by atoms with Crippen LogP contribution in [0.5, 0.6) is 0 Å². The molecule has 0 aromatic rings.